The summed E-state index contributed by atoms with van der Waals surface area (Å²) in [5.41, 5.74) is 3.68. The molecule has 2 rings (SSSR count). The zero-order valence-electron chi connectivity index (χ0n) is 11.9. The number of hydrogen-bond acceptors (Lipinski definition) is 4. The van der Waals surface area contributed by atoms with Gasteiger partial charge in [0.15, 0.2) is 0 Å². The van der Waals surface area contributed by atoms with Gasteiger partial charge in [-0.2, -0.15) is 5.10 Å². The molecule has 0 spiro atoms. The van der Waals surface area contributed by atoms with Crippen molar-refractivity contribution >= 4 is 28.1 Å². The minimum Gasteiger partial charge on any atom is -0.507 e. The lowest BCUT2D eigenvalue weighted by atomic mass is 10.2. The largest absolute Gasteiger partial charge is 0.507 e. The van der Waals surface area contributed by atoms with E-state index >= 15 is 0 Å². The molecule has 0 fully saturated rings. The Balaban J connectivity index is 1.96. The molecule has 5 nitrogen and oxygen atoms in total. The van der Waals surface area contributed by atoms with Crippen molar-refractivity contribution in [3.63, 3.8) is 0 Å². The van der Waals surface area contributed by atoms with Crippen LogP contribution in [0.5, 0.6) is 11.5 Å². The Morgan fingerprint density at radius 1 is 1.32 bits per heavy atom. The molecular formula is C16H15BrN2O3. The first-order valence-corrected chi connectivity index (χ1v) is 7.44. The van der Waals surface area contributed by atoms with E-state index in [1.165, 1.54) is 6.21 Å². The van der Waals surface area contributed by atoms with Crippen LogP contribution in [0, 0.1) is 0 Å². The van der Waals surface area contributed by atoms with Crippen LogP contribution in [0.3, 0.4) is 0 Å². The van der Waals surface area contributed by atoms with Crippen molar-refractivity contribution in [3.05, 3.63) is 58.1 Å². The molecule has 0 aliphatic carbocycles. The van der Waals surface area contributed by atoms with Gasteiger partial charge in [0.05, 0.1) is 17.3 Å². The van der Waals surface area contributed by atoms with Gasteiger partial charge in [0.1, 0.15) is 11.5 Å². The summed E-state index contributed by atoms with van der Waals surface area (Å²) in [6, 6.07) is 11.7. The fraction of sp³-hybridized carbons (Fsp3) is 0.125. The van der Waals surface area contributed by atoms with Crippen LogP contribution in [0.25, 0.3) is 0 Å². The van der Waals surface area contributed by atoms with E-state index in [0.717, 1.165) is 11.3 Å². The summed E-state index contributed by atoms with van der Waals surface area (Å²) in [6.07, 6.45) is 1.50. The zero-order valence-corrected chi connectivity index (χ0v) is 13.5. The van der Waals surface area contributed by atoms with Crippen LogP contribution in [0.15, 0.2) is 52.0 Å². The van der Waals surface area contributed by atoms with E-state index < -0.39 is 0 Å². The Kier molecular flexibility index (Phi) is 5.55. The molecule has 0 aliphatic heterocycles. The average Bonchev–Trinajstić information content (AvgIpc) is 2.52. The molecule has 6 heteroatoms. The topological polar surface area (TPSA) is 70.9 Å². The normalized spacial score (nSPS) is 10.6. The molecule has 0 saturated heterocycles. The van der Waals surface area contributed by atoms with Crippen LogP contribution < -0.4 is 10.2 Å². The third kappa shape index (κ3) is 4.33. The van der Waals surface area contributed by atoms with Crippen LogP contribution in [0.4, 0.5) is 0 Å². The molecule has 114 valence electrons. The molecule has 2 aromatic rings. The van der Waals surface area contributed by atoms with Crippen LogP contribution >= 0.6 is 15.9 Å². The highest BCUT2D eigenvalue weighted by molar-refractivity contribution is 9.10. The lowest BCUT2D eigenvalue weighted by Gasteiger charge is -2.04. The van der Waals surface area contributed by atoms with Crippen molar-refractivity contribution in [2.75, 3.05) is 6.61 Å². The molecule has 0 aliphatic rings. The molecule has 2 N–H and O–H groups in total. The molecule has 22 heavy (non-hydrogen) atoms. The second-order valence-corrected chi connectivity index (χ2v) is 5.22. The number of nitrogens with one attached hydrogen (secondary N) is 1. The van der Waals surface area contributed by atoms with Crippen molar-refractivity contribution < 1.29 is 14.6 Å². The maximum Gasteiger partial charge on any atom is 0.271 e. The van der Waals surface area contributed by atoms with Gasteiger partial charge in [0.2, 0.25) is 0 Å². The Morgan fingerprint density at radius 2 is 2.05 bits per heavy atom. The predicted molar refractivity (Wildman–Crippen MR) is 88.5 cm³/mol. The standard InChI is InChI=1S/C16H15BrN2O3/c1-2-22-13-6-4-12(5-7-13)16(21)19-18-10-11-3-8-15(20)14(17)9-11/h3-10,20H,2H2,1H3,(H,19,21)/b18-10+. The van der Waals surface area contributed by atoms with Gasteiger partial charge in [-0.25, -0.2) is 5.43 Å². The van der Waals surface area contributed by atoms with E-state index in [9.17, 15) is 9.90 Å². The van der Waals surface area contributed by atoms with E-state index in [-0.39, 0.29) is 11.7 Å². The first-order valence-electron chi connectivity index (χ1n) is 6.65. The van der Waals surface area contributed by atoms with Crippen LogP contribution in [0.1, 0.15) is 22.8 Å². The van der Waals surface area contributed by atoms with E-state index in [1.807, 2.05) is 6.92 Å². The predicted octanol–water partition coefficient (Wildman–Crippen LogP) is 3.32. The summed E-state index contributed by atoms with van der Waals surface area (Å²) in [5.74, 6) is 0.559. The summed E-state index contributed by atoms with van der Waals surface area (Å²) in [6.45, 7) is 2.48. The van der Waals surface area contributed by atoms with Gasteiger partial charge >= 0.3 is 0 Å². The summed E-state index contributed by atoms with van der Waals surface area (Å²) in [4.78, 5) is 11.9. The molecule has 1 amide bonds. The van der Waals surface area contributed by atoms with Crippen LogP contribution in [-0.2, 0) is 0 Å². The van der Waals surface area contributed by atoms with Gasteiger partial charge in [0.25, 0.3) is 5.91 Å². The van der Waals surface area contributed by atoms with Crippen LogP contribution in [-0.4, -0.2) is 23.8 Å². The second kappa shape index (κ2) is 7.61. The number of benzene rings is 2. The number of halogens is 1. The number of phenolic OH excluding ortho intramolecular Hbond substituents is 1. The van der Waals surface area contributed by atoms with Gasteiger partial charge in [-0.1, -0.05) is 0 Å². The lowest BCUT2D eigenvalue weighted by molar-refractivity contribution is 0.0955. The highest BCUT2D eigenvalue weighted by atomic mass is 79.9. The number of rotatable bonds is 5. The van der Waals surface area contributed by atoms with Crippen molar-refractivity contribution in [1.82, 2.24) is 5.43 Å². The monoisotopic (exact) mass is 362 g/mol. The molecule has 0 heterocycles. The van der Waals surface area contributed by atoms with E-state index in [1.54, 1.807) is 42.5 Å². The number of carbonyl (C=O) groups excluding carboxylic acids is 1. The number of hydrazone groups is 1. The van der Waals surface area contributed by atoms with Crippen molar-refractivity contribution in [2.45, 2.75) is 6.92 Å². The van der Waals surface area contributed by atoms with Crippen molar-refractivity contribution in [1.29, 1.82) is 0 Å². The number of hydrogen-bond donors (Lipinski definition) is 2. The third-order valence-corrected chi connectivity index (χ3v) is 3.41. The first kappa shape index (κ1) is 16.0. The number of amides is 1. The highest BCUT2D eigenvalue weighted by Gasteiger charge is 2.04. The maximum absolute atomic E-state index is 11.9. The molecule has 0 radical (unpaired) electrons. The Bertz CT molecular complexity index is 684. The lowest BCUT2D eigenvalue weighted by Crippen LogP contribution is -2.17. The minimum absolute atomic E-state index is 0.149. The number of phenols is 1. The van der Waals surface area contributed by atoms with Gasteiger partial charge in [0, 0.05) is 5.56 Å². The molecule has 0 bridgehead atoms. The van der Waals surface area contributed by atoms with Gasteiger partial charge in [-0.3, -0.25) is 4.79 Å². The SMILES string of the molecule is CCOc1ccc(C(=O)N/N=C/c2ccc(O)c(Br)c2)cc1. The maximum atomic E-state index is 11.9. The Morgan fingerprint density at radius 3 is 2.68 bits per heavy atom. The van der Waals surface area contributed by atoms with Crippen molar-refractivity contribution in [3.8, 4) is 11.5 Å². The molecule has 0 atom stereocenters. The van der Waals surface area contributed by atoms with Gasteiger partial charge < -0.3 is 9.84 Å². The number of carbonyl (C=O) groups is 1. The smallest absolute Gasteiger partial charge is 0.271 e. The fourth-order valence-electron chi connectivity index (χ4n) is 1.70. The zero-order chi connectivity index (χ0) is 15.9. The van der Waals surface area contributed by atoms with E-state index in [2.05, 4.69) is 26.5 Å². The quantitative estimate of drug-likeness (QED) is 0.633. The number of ether oxygens (including phenoxy) is 1. The highest BCUT2D eigenvalue weighted by Crippen LogP contribution is 2.23. The van der Waals surface area contributed by atoms with Gasteiger partial charge in [-0.15, -0.1) is 0 Å². The molecule has 0 unspecified atom stereocenters. The van der Waals surface area contributed by atoms with Gasteiger partial charge in [-0.05, 0) is 70.9 Å². The molecular weight excluding hydrogens is 348 g/mol. The average molecular weight is 363 g/mol. The molecule has 0 saturated carbocycles. The summed E-state index contributed by atoms with van der Waals surface area (Å²) in [5, 5.41) is 13.3. The minimum atomic E-state index is -0.308. The second-order valence-electron chi connectivity index (χ2n) is 4.37. The third-order valence-electron chi connectivity index (χ3n) is 2.78. The molecule has 2 aromatic carbocycles. The summed E-state index contributed by atoms with van der Waals surface area (Å²) in [7, 11) is 0. The summed E-state index contributed by atoms with van der Waals surface area (Å²) < 4.78 is 5.88. The Hall–Kier alpha value is -2.34. The fourth-order valence-corrected chi connectivity index (χ4v) is 2.10. The van der Waals surface area contributed by atoms with E-state index in [4.69, 9.17) is 4.74 Å². The van der Waals surface area contributed by atoms with Crippen molar-refractivity contribution in [2.24, 2.45) is 5.10 Å². The number of aromatic hydroxyl groups is 1. The Labute approximate surface area is 136 Å². The first-order chi connectivity index (χ1) is 10.6. The number of nitrogens with zero attached hydrogens (tertiary/aromatic N) is 1. The molecule has 0 aromatic heterocycles. The van der Waals surface area contributed by atoms with Crippen LogP contribution in [0.2, 0.25) is 0 Å². The van der Waals surface area contributed by atoms with E-state index in [0.29, 0.717) is 16.6 Å². The summed E-state index contributed by atoms with van der Waals surface area (Å²) >= 11 is 3.21.